The third-order valence-corrected chi connectivity index (χ3v) is 2.58. The Morgan fingerprint density at radius 2 is 2.26 bits per heavy atom. The number of nitrogens with one attached hydrogen (secondary N) is 1. The number of hydrazone groups is 1. The number of hydrogen-bond acceptors (Lipinski definition) is 4. The second-order valence-corrected chi connectivity index (χ2v) is 4.05. The van der Waals surface area contributed by atoms with Crippen LogP contribution in [0.15, 0.2) is 40.0 Å². The first kappa shape index (κ1) is 13.0. The second kappa shape index (κ2) is 5.95. The van der Waals surface area contributed by atoms with Gasteiger partial charge in [0.2, 0.25) is 0 Å². The van der Waals surface area contributed by atoms with Crippen LogP contribution in [0.4, 0.5) is 0 Å². The summed E-state index contributed by atoms with van der Waals surface area (Å²) in [4.78, 5) is 15.8. The number of aryl methyl sites for hydroxylation is 2. The third-order valence-electron chi connectivity index (χ3n) is 2.58. The fourth-order valence-corrected chi connectivity index (χ4v) is 1.50. The first-order valence-corrected chi connectivity index (χ1v) is 6.04. The van der Waals surface area contributed by atoms with Crippen LogP contribution in [0, 0.1) is 6.92 Å². The van der Waals surface area contributed by atoms with Gasteiger partial charge < -0.3 is 4.42 Å². The number of amides is 1. The molecule has 0 fully saturated rings. The molecule has 1 amide bonds. The lowest BCUT2D eigenvalue weighted by atomic mass is 10.2. The number of carbonyl (C=O) groups excluding carboxylic acids is 1. The Morgan fingerprint density at radius 3 is 2.84 bits per heavy atom. The Labute approximate surface area is 111 Å². The van der Waals surface area contributed by atoms with Crippen molar-refractivity contribution in [2.45, 2.75) is 20.3 Å². The molecule has 0 aliphatic rings. The van der Waals surface area contributed by atoms with Crippen molar-refractivity contribution in [2.75, 3.05) is 0 Å². The molecule has 0 atom stereocenters. The van der Waals surface area contributed by atoms with Crippen LogP contribution < -0.4 is 5.43 Å². The number of carbonyl (C=O) groups is 1. The summed E-state index contributed by atoms with van der Waals surface area (Å²) < 4.78 is 5.29. The first-order chi connectivity index (χ1) is 9.19. The summed E-state index contributed by atoms with van der Waals surface area (Å²) in [6.45, 7) is 3.88. The zero-order valence-electron chi connectivity index (χ0n) is 10.9. The Hall–Kier alpha value is -2.43. The van der Waals surface area contributed by atoms with Gasteiger partial charge in [-0.25, -0.2) is 5.43 Å². The van der Waals surface area contributed by atoms with Gasteiger partial charge in [-0.3, -0.25) is 9.78 Å². The van der Waals surface area contributed by atoms with Gasteiger partial charge in [-0.2, -0.15) is 5.10 Å². The number of pyridine rings is 1. The Bertz CT molecular complexity index is 585. The quantitative estimate of drug-likeness (QED) is 0.675. The van der Waals surface area contributed by atoms with Crippen LogP contribution in [0.1, 0.15) is 34.5 Å². The lowest BCUT2D eigenvalue weighted by Crippen LogP contribution is -2.18. The van der Waals surface area contributed by atoms with E-state index in [1.54, 1.807) is 18.3 Å². The fraction of sp³-hybridized carbons (Fsp3) is 0.214. The Kier molecular flexibility index (Phi) is 4.07. The molecular formula is C14H15N3O2. The topological polar surface area (TPSA) is 67.5 Å². The highest BCUT2D eigenvalue weighted by molar-refractivity contribution is 5.92. The fourth-order valence-electron chi connectivity index (χ4n) is 1.50. The summed E-state index contributed by atoms with van der Waals surface area (Å²) in [5.41, 5.74) is 3.83. The maximum atomic E-state index is 11.7. The van der Waals surface area contributed by atoms with E-state index >= 15 is 0 Å². The van der Waals surface area contributed by atoms with Crippen molar-refractivity contribution in [1.82, 2.24) is 10.4 Å². The van der Waals surface area contributed by atoms with Crippen LogP contribution in [0.5, 0.6) is 0 Å². The molecule has 2 aromatic heterocycles. The predicted molar refractivity (Wildman–Crippen MR) is 72.1 cm³/mol. The summed E-state index contributed by atoms with van der Waals surface area (Å²) >= 11 is 0. The van der Waals surface area contributed by atoms with Gasteiger partial charge in [0, 0.05) is 6.20 Å². The van der Waals surface area contributed by atoms with Gasteiger partial charge in [0.15, 0.2) is 0 Å². The number of hydrogen-bond donors (Lipinski definition) is 1. The predicted octanol–water partition coefficient (Wildman–Crippen LogP) is 2.31. The van der Waals surface area contributed by atoms with Crippen LogP contribution in [0.2, 0.25) is 0 Å². The molecule has 0 unspecified atom stereocenters. The van der Waals surface area contributed by atoms with Gasteiger partial charge in [-0.1, -0.05) is 13.0 Å². The van der Waals surface area contributed by atoms with Crippen molar-refractivity contribution >= 4 is 12.1 Å². The molecule has 0 bridgehead atoms. The molecule has 0 spiro atoms. The largest absolute Gasteiger partial charge is 0.460 e. The van der Waals surface area contributed by atoms with E-state index in [0.717, 1.165) is 17.7 Å². The summed E-state index contributed by atoms with van der Waals surface area (Å²) in [6.07, 6.45) is 4.03. The standard InChI is InChI=1S/C14H15N3O2/c1-3-11-5-7-13(15-8-11)14(18)17-16-9-12-6-4-10(2)19-12/h4-9H,3H2,1-2H3,(H,17,18)/b16-9+. The zero-order valence-corrected chi connectivity index (χ0v) is 10.9. The second-order valence-electron chi connectivity index (χ2n) is 4.05. The lowest BCUT2D eigenvalue weighted by Gasteiger charge is -2.00. The van der Waals surface area contributed by atoms with Crippen molar-refractivity contribution in [3.05, 3.63) is 53.2 Å². The normalized spacial score (nSPS) is 10.8. The molecule has 98 valence electrons. The molecule has 0 aliphatic heterocycles. The van der Waals surface area contributed by atoms with Crippen LogP contribution in [-0.2, 0) is 6.42 Å². The minimum atomic E-state index is -0.345. The van der Waals surface area contributed by atoms with Crippen LogP contribution in [0.25, 0.3) is 0 Å². The summed E-state index contributed by atoms with van der Waals surface area (Å²) in [5.74, 6) is 1.04. The summed E-state index contributed by atoms with van der Waals surface area (Å²) in [6, 6.07) is 7.16. The van der Waals surface area contributed by atoms with Crippen LogP contribution in [-0.4, -0.2) is 17.1 Å². The molecule has 0 radical (unpaired) electrons. The average Bonchev–Trinajstić information content (AvgIpc) is 2.84. The third kappa shape index (κ3) is 3.51. The van der Waals surface area contributed by atoms with Crippen molar-refractivity contribution in [3.8, 4) is 0 Å². The van der Waals surface area contributed by atoms with E-state index in [4.69, 9.17) is 4.42 Å². The Balaban J connectivity index is 1.95. The molecule has 0 saturated heterocycles. The highest BCUT2D eigenvalue weighted by Crippen LogP contribution is 2.03. The van der Waals surface area contributed by atoms with Crippen molar-refractivity contribution in [2.24, 2.45) is 5.10 Å². The van der Waals surface area contributed by atoms with Crippen molar-refractivity contribution < 1.29 is 9.21 Å². The molecule has 2 rings (SSSR count). The first-order valence-electron chi connectivity index (χ1n) is 6.04. The molecule has 0 aromatic carbocycles. The molecule has 0 aliphatic carbocycles. The minimum Gasteiger partial charge on any atom is -0.460 e. The van der Waals surface area contributed by atoms with Gasteiger partial charge in [0.05, 0.1) is 6.21 Å². The van der Waals surface area contributed by atoms with Crippen LogP contribution >= 0.6 is 0 Å². The molecule has 2 heterocycles. The Morgan fingerprint density at radius 1 is 1.42 bits per heavy atom. The highest BCUT2D eigenvalue weighted by atomic mass is 16.3. The number of aromatic nitrogens is 1. The van der Waals surface area contributed by atoms with Gasteiger partial charge in [0.25, 0.3) is 5.91 Å². The monoisotopic (exact) mass is 257 g/mol. The maximum Gasteiger partial charge on any atom is 0.289 e. The molecule has 0 saturated carbocycles. The van der Waals surface area contributed by atoms with E-state index < -0.39 is 0 Å². The van der Waals surface area contributed by atoms with E-state index in [1.165, 1.54) is 6.21 Å². The molecular weight excluding hydrogens is 242 g/mol. The summed E-state index contributed by atoms with van der Waals surface area (Å²) in [7, 11) is 0. The van der Waals surface area contributed by atoms with E-state index in [9.17, 15) is 4.79 Å². The molecule has 1 N–H and O–H groups in total. The van der Waals surface area contributed by atoms with Crippen molar-refractivity contribution in [1.29, 1.82) is 0 Å². The molecule has 5 nitrogen and oxygen atoms in total. The molecule has 19 heavy (non-hydrogen) atoms. The smallest absolute Gasteiger partial charge is 0.289 e. The number of rotatable bonds is 4. The van der Waals surface area contributed by atoms with Crippen molar-refractivity contribution in [3.63, 3.8) is 0 Å². The van der Waals surface area contributed by atoms with Gasteiger partial charge in [-0.15, -0.1) is 0 Å². The zero-order chi connectivity index (χ0) is 13.7. The minimum absolute atomic E-state index is 0.338. The number of nitrogens with zero attached hydrogens (tertiary/aromatic N) is 2. The SMILES string of the molecule is CCc1ccc(C(=O)N/N=C/c2ccc(C)o2)nc1. The average molecular weight is 257 g/mol. The van der Waals surface area contributed by atoms with Crippen LogP contribution in [0.3, 0.4) is 0 Å². The molecule has 5 heteroatoms. The van der Waals surface area contributed by atoms with Gasteiger partial charge in [-0.05, 0) is 37.1 Å². The van der Waals surface area contributed by atoms with Gasteiger partial charge in [0.1, 0.15) is 17.2 Å². The highest BCUT2D eigenvalue weighted by Gasteiger charge is 2.05. The number of furan rings is 1. The van der Waals surface area contributed by atoms with Gasteiger partial charge >= 0.3 is 0 Å². The van der Waals surface area contributed by atoms with E-state index in [1.807, 2.05) is 26.0 Å². The molecule has 2 aromatic rings. The van der Waals surface area contributed by atoms with E-state index in [0.29, 0.717) is 11.5 Å². The van der Waals surface area contributed by atoms with E-state index in [2.05, 4.69) is 15.5 Å². The summed E-state index contributed by atoms with van der Waals surface area (Å²) in [5, 5.41) is 3.82. The lowest BCUT2D eigenvalue weighted by molar-refractivity contribution is 0.0950. The maximum absolute atomic E-state index is 11.7. The van der Waals surface area contributed by atoms with E-state index in [-0.39, 0.29) is 5.91 Å².